The van der Waals surface area contributed by atoms with Gasteiger partial charge >= 0.3 is 5.97 Å². The van der Waals surface area contributed by atoms with E-state index < -0.39 is 49.2 Å². The Kier molecular flexibility index (Phi) is 7.54. The summed E-state index contributed by atoms with van der Waals surface area (Å²) in [5, 5.41) is 8.81. The molecular formula is C19H20ClF2N3O4S. The van der Waals surface area contributed by atoms with Gasteiger partial charge in [-0.1, -0.05) is 23.7 Å². The predicted molar refractivity (Wildman–Crippen MR) is 109 cm³/mol. The van der Waals surface area contributed by atoms with Crippen LogP contribution in [0.2, 0.25) is 5.02 Å². The Balaban J connectivity index is 2.37. The third-order valence-corrected chi connectivity index (χ3v) is 5.56. The standard InChI is InChI=1S/C19H20ClF2N3O4S/c1-11(23-24-30(28,29)17-7-5-4-6-16(17)21)14(10-25(2)3)12-8-13(19(26)27)18(22)15(20)9-12/h4-11,23-24H,1-3H3,(H,26,27)/b14-10+. The average molecular weight is 460 g/mol. The lowest BCUT2D eigenvalue weighted by Gasteiger charge is -2.21. The summed E-state index contributed by atoms with van der Waals surface area (Å²) in [5.41, 5.74) is 2.59. The topological polar surface area (TPSA) is 98.7 Å². The highest BCUT2D eigenvalue weighted by molar-refractivity contribution is 7.89. The summed E-state index contributed by atoms with van der Waals surface area (Å²) in [6.07, 6.45) is 1.59. The van der Waals surface area contributed by atoms with Crippen LogP contribution in [0.3, 0.4) is 0 Å². The van der Waals surface area contributed by atoms with Crippen LogP contribution in [0.4, 0.5) is 8.78 Å². The first-order chi connectivity index (χ1) is 13.9. The maximum Gasteiger partial charge on any atom is 0.338 e. The third kappa shape index (κ3) is 5.54. The Morgan fingerprint density at radius 2 is 1.87 bits per heavy atom. The molecule has 0 aliphatic carbocycles. The van der Waals surface area contributed by atoms with Crippen LogP contribution in [0.5, 0.6) is 0 Å². The van der Waals surface area contributed by atoms with Crippen LogP contribution in [0.15, 0.2) is 47.5 Å². The Bertz CT molecular complexity index is 1090. The number of carboxylic acids is 1. The van der Waals surface area contributed by atoms with E-state index in [0.29, 0.717) is 5.57 Å². The Morgan fingerprint density at radius 1 is 1.23 bits per heavy atom. The number of halogens is 3. The summed E-state index contributed by atoms with van der Waals surface area (Å²) < 4.78 is 52.6. The van der Waals surface area contributed by atoms with E-state index in [1.54, 1.807) is 32.1 Å². The first-order valence-electron chi connectivity index (χ1n) is 8.56. The number of carboxylic acid groups (broad SMARTS) is 1. The predicted octanol–water partition coefficient (Wildman–Crippen LogP) is 3.09. The fourth-order valence-electron chi connectivity index (χ4n) is 2.59. The van der Waals surface area contributed by atoms with Gasteiger partial charge in [-0.15, -0.1) is 4.83 Å². The molecule has 1 atom stereocenters. The van der Waals surface area contributed by atoms with Crippen LogP contribution < -0.4 is 10.3 Å². The minimum absolute atomic E-state index is 0.262. The van der Waals surface area contributed by atoms with Crippen molar-refractivity contribution in [2.45, 2.75) is 17.9 Å². The Hall–Kier alpha value is -2.53. The number of nitrogens with one attached hydrogen (secondary N) is 2. The van der Waals surface area contributed by atoms with Gasteiger partial charge in [-0.25, -0.2) is 27.4 Å². The molecular weight excluding hydrogens is 440 g/mol. The number of hydrogen-bond donors (Lipinski definition) is 3. The van der Waals surface area contributed by atoms with Gasteiger partial charge in [0.2, 0.25) is 0 Å². The number of aromatic carboxylic acids is 1. The summed E-state index contributed by atoms with van der Waals surface area (Å²) >= 11 is 5.84. The summed E-state index contributed by atoms with van der Waals surface area (Å²) in [6.45, 7) is 1.58. The molecule has 30 heavy (non-hydrogen) atoms. The minimum Gasteiger partial charge on any atom is -0.478 e. The van der Waals surface area contributed by atoms with Gasteiger partial charge in [-0.2, -0.15) is 0 Å². The molecule has 7 nitrogen and oxygen atoms in total. The molecule has 0 amide bonds. The maximum absolute atomic E-state index is 14.0. The van der Waals surface area contributed by atoms with Gasteiger partial charge < -0.3 is 10.0 Å². The first kappa shape index (κ1) is 23.7. The molecule has 2 aromatic carbocycles. The van der Waals surface area contributed by atoms with Gasteiger partial charge in [0.05, 0.1) is 10.6 Å². The zero-order valence-electron chi connectivity index (χ0n) is 16.3. The quantitative estimate of drug-likeness (QED) is 0.525. The number of benzene rings is 2. The molecule has 162 valence electrons. The fourth-order valence-corrected chi connectivity index (χ4v) is 3.83. The van der Waals surface area contributed by atoms with Gasteiger partial charge in [0.1, 0.15) is 10.7 Å². The smallest absolute Gasteiger partial charge is 0.338 e. The molecule has 0 radical (unpaired) electrons. The van der Waals surface area contributed by atoms with Crippen LogP contribution in [-0.2, 0) is 10.0 Å². The van der Waals surface area contributed by atoms with E-state index in [9.17, 15) is 27.1 Å². The van der Waals surface area contributed by atoms with E-state index in [0.717, 1.165) is 18.2 Å². The van der Waals surface area contributed by atoms with Crippen molar-refractivity contribution in [1.82, 2.24) is 15.2 Å². The van der Waals surface area contributed by atoms with E-state index in [1.165, 1.54) is 18.2 Å². The van der Waals surface area contributed by atoms with Gasteiger partial charge in [-0.05, 0) is 42.3 Å². The van der Waals surface area contributed by atoms with Crippen molar-refractivity contribution in [3.05, 3.63) is 70.4 Å². The minimum atomic E-state index is -4.22. The summed E-state index contributed by atoms with van der Waals surface area (Å²) in [4.78, 5) is 14.5. The first-order valence-corrected chi connectivity index (χ1v) is 10.4. The molecule has 1 unspecified atom stereocenters. The van der Waals surface area contributed by atoms with E-state index in [2.05, 4.69) is 10.3 Å². The highest BCUT2D eigenvalue weighted by atomic mass is 35.5. The van der Waals surface area contributed by atoms with E-state index in [-0.39, 0.29) is 5.56 Å². The second-order valence-corrected chi connectivity index (χ2v) is 8.63. The molecule has 3 N–H and O–H groups in total. The molecule has 0 bridgehead atoms. The summed E-state index contributed by atoms with van der Waals surface area (Å²) in [7, 11) is -0.836. The zero-order chi connectivity index (χ0) is 22.6. The van der Waals surface area contributed by atoms with Crippen LogP contribution in [-0.4, -0.2) is 44.5 Å². The SMILES string of the molecule is CC(NNS(=O)(=O)c1ccccc1F)/C(=C\N(C)C)c1cc(Cl)c(F)c(C(=O)O)c1. The van der Waals surface area contributed by atoms with Gasteiger partial charge in [-0.3, -0.25) is 0 Å². The Morgan fingerprint density at radius 3 is 2.43 bits per heavy atom. The van der Waals surface area contributed by atoms with Gasteiger partial charge in [0.25, 0.3) is 10.0 Å². The van der Waals surface area contributed by atoms with Crippen LogP contribution in [0.25, 0.3) is 5.57 Å². The zero-order valence-corrected chi connectivity index (χ0v) is 17.9. The lowest BCUT2D eigenvalue weighted by atomic mass is 9.98. The molecule has 0 fully saturated rings. The largest absolute Gasteiger partial charge is 0.478 e. The molecule has 0 spiro atoms. The Labute approximate surface area is 178 Å². The molecule has 2 rings (SSSR count). The number of hydrogen-bond acceptors (Lipinski definition) is 5. The van der Waals surface area contributed by atoms with Crippen molar-refractivity contribution in [3.63, 3.8) is 0 Å². The van der Waals surface area contributed by atoms with Crippen molar-refractivity contribution in [3.8, 4) is 0 Å². The van der Waals surface area contributed by atoms with Crippen molar-refractivity contribution < 1.29 is 27.1 Å². The van der Waals surface area contributed by atoms with Crippen molar-refractivity contribution in [1.29, 1.82) is 0 Å². The molecule has 2 aromatic rings. The van der Waals surface area contributed by atoms with E-state index >= 15 is 0 Å². The number of carbonyl (C=O) groups is 1. The van der Waals surface area contributed by atoms with Gasteiger partial charge in [0.15, 0.2) is 5.82 Å². The van der Waals surface area contributed by atoms with E-state index in [4.69, 9.17) is 11.6 Å². The molecule has 0 heterocycles. The van der Waals surface area contributed by atoms with Gasteiger partial charge in [0, 0.05) is 26.3 Å². The molecule has 0 saturated carbocycles. The van der Waals surface area contributed by atoms with Crippen LogP contribution in [0, 0.1) is 11.6 Å². The molecule has 0 aromatic heterocycles. The molecule has 0 aliphatic rings. The average Bonchev–Trinajstić information content (AvgIpc) is 2.66. The van der Waals surface area contributed by atoms with E-state index in [1.807, 2.05) is 0 Å². The molecule has 0 aliphatic heterocycles. The third-order valence-electron chi connectivity index (χ3n) is 3.99. The van der Waals surface area contributed by atoms with Crippen LogP contribution >= 0.6 is 11.6 Å². The summed E-state index contributed by atoms with van der Waals surface area (Å²) in [6, 6.07) is 6.47. The highest BCUT2D eigenvalue weighted by Gasteiger charge is 2.22. The highest BCUT2D eigenvalue weighted by Crippen LogP contribution is 2.27. The maximum atomic E-state index is 14.0. The number of rotatable bonds is 8. The number of sulfonamides is 1. The normalized spacial score (nSPS) is 13.2. The van der Waals surface area contributed by atoms with Crippen molar-refractivity contribution in [2.24, 2.45) is 0 Å². The monoisotopic (exact) mass is 459 g/mol. The summed E-state index contributed by atoms with van der Waals surface area (Å²) in [5.74, 6) is -3.49. The second kappa shape index (κ2) is 9.52. The fraction of sp³-hybridized carbons (Fsp3) is 0.211. The lowest BCUT2D eigenvalue weighted by Crippen LogP contribution is -2.43. The van der Waals surface area contributed by atoms with Crippen molar-refractivity contribution in [2.75, 3.05) is 14.1 Å². The van der Waals surface area contributed by atoms with Crippen molar-refractivity contribution >= 4 is 33.2 Å². The number of hydrazine groups is 1. The number of nitrogens with zero attached hydrogens (tertiary/aromatic N) is 1. The van der Waals surface area contributed by atoms with Crippen LogP contribution in [0.1, 0.15) is 22.8 Å². The second-order valence-electron chi connectivity index (χ2n) is 6.57. The molecule has 0 saturated heterocycles. The lowest BCUT2D eigenvalue weighted by molar-refractivity contribution is 0.0692. The molecule has 11 heteroatoms.